The van der Waals surface area contributed by atoms with Crippen molar-refractivity contribution in [1.82, 2.24) is 9.55 Å². The normalized spacial score (nSPS) is 12.0. The number of halogens is 3. The summed E-state index contributed by atoms with van der Waals surface area (Å²) in [6.07, 6.45) is -2.94. The van der Waals surface area contributed by atoms with Crippen LogP contribution in [0.3, 0.4) is 0 Å². The molecule has 0 radical (unpaired) electrons. The third-order valence-corrected chi connectivity index (χ3v) is 3.91. The molecule has 3 rings (SSSR count). The van der Waals surface area contributed by atoms with Crippen LogP contribution in [-0.4, -0.2) is 9.55 Å². The first-order valence-electron chi connectivity index (χ1n) is 6.04. The van der Waals surface area contributed by atoms with E-state index in [2.05, 4.69) is 4.98 Å². The zero-order valence-electron chi connectivity index (χ0n) is 10.6. The smallest absolute Gasteiger partial charge is 0.294 e. The molecule has 0 N–H and O–H groups in total. The highest BCUT2D eigenvalue weighted by Crippen LogP contribution is 2.29. The van der Waals surface area contributed by atoms with Crippen LogP contribution in [0.5, 0.6) is 0 Å². The van der Waals surface area contributed by atoms with Gasteiger partial charge in [-0.25, -0.2) is 4.98 Å². The molecule has 2 aromatic heterocycles. The van der Waals surface area contributed by atoms with Gasteiger partial charge in [-0.2, -0.15) is 13.2 Å². The minimum atomic E-state index is -4.35. The highest BCUT2D eigenvalue weighted by Gasteiger charge is 2.29. The van der Waals surface area contributed by atoms with Gasteiger partial charge < -0.3 is 0 Å². The predicted octanol–water partition coefficient (Wildman–Crippen LogP) is 3.53. The molecule has 7 heteroatoms. The van der Waals surface area contributed by atoms with Crippen molar-refractivity contribution in [3.05, 3.63) is 63.5 Å². The van der Waals surface area contributed by atoms with Crippen LogP contribution < -0.4 is 5.56 Å². The van der Waals surface area contributed by atoms with E-state index in [0.717, 1.165) is 12.1 Å². The zero-order valence-corrected chi connectivity index (χ0v) is 11.4. The van der Waals surface area contributed by atoms with Gasteiger partial charge in [0.25, 0.3) is 5.56 Å². The van der Waals surface area contributed by atoms with E-state index in [0.29, 0.717) is 15.8 Å². The average molecular weight is 310 g/mol. The van der Waals surface area contributed by atoms with Crippen LogP contribution in [0.2, 0.25) is 0 Å². The Kier molecular flexibility index (Phi) is 3.29. The summed E-state index contributed by atoms with van der Waals surface area (Å²) in [7, 11) is 0. The second-order valence-corrected chi connectivity index (χ2v) is 5.41. The highest BCUT2D eigenvalue weighted by atomic mass is 32.1. The van der Waals surface area contributed by atoms with E-state index in [1.165, 1.54) is 34.4 Å². The molecule has 3 aromatic rings. The topological polar surface area (TPSA) is 34.9 Å². The molecular formula is C14H9F3N2OS. The molecule has 0 spiro atoms. The van der Waals surface area contributed by atoms with E-state index in [4.69, 9.17) is 0 Å². The summed E-state index contributed by atoms with van der Waals surface area (Å²) in [5, 5.41) is 2.30. The van der Waals surface area contributed by atoms with Gasteiger partial charge in [-0.15, -0.1) is 11.3 Å². The van der Waals surface area contributed by atoms with Crippen molar-refractivity contribution < 1.29 is 13.2 Å². The first-order chi connectivity index (χ1) is 9.95. The van der Waals surface area contributed by atoms with Crippen molar-refractivity contribution in [2.75, 3.05) is 0 Å². The van der Waals surface area contributed by atoms with E-state index in [1.54, 1.807) is 11.4 Å². The fraction of sp³-hybridized carbons (Fsp3) is 0.143. The molecule has 0 fully saturated rings. The Morgan fingerprint density at radius 2 is 1.86 bits per heavy atom. The number of nitrogens with zero attached hydrogens (tertiary/aromatic N) is 2. The van der Waals surface area contributed by atoms with E-state index in [9.17, 15) is 18.0 Å². The number of hydrogen-bond acceptors (Lipinski definition) is 3. The van der Waals surface area contributed by atoms with Crippen molar-refractivity contribution in [3.63, 3.8) is 0 Å². The zero-order chi connectivity index (χ0) is 15.0. The Bertz CT molecular complexity index is 834. The highest BCUT2D eigenvalue weighted by molar-refractivity contribution is 7.16. The summed E-state index contributed by atoms with van der Waals surface area (Å²) in [5.74, 6) is 0. The van der Waals surface area contributed by atoms with Crippen LogP contribution >= 0.6 is 11.3 Å². The van der Waals surface area contributed by atoms with Gasteiger partial charge >= 0.3 is 6.18 Å². The lowest BCUT2D eigenvalue weighted by molar-refractivity contribution is -0.137. The van der Waals surface area contributed by atoms with E-state index >= 15 is 0 Å². The summed E-state index contributed by atoms with van der Waals surface area (Å²) < 4.78 is 38.8. The fourth-order valence-electron chi connectivity index (χ4n) is 2.00. The summed E-state index contributed by atoms with van der Waals surface area (Å²) in [4.78, 5) is 17.0. The van der Waals surface area contributed by atoms with Crippen LogP contribution in [0.1, 0.15) is 11.1 Å². The number of hydrogen-bond donors (Lipinski definition) is 0. The second kappa shape index (κ2) is 5.00. The molecule has 21 heavy (non-hydrogen) atoms. The molecule has 0 aliphatic heterocycles. The van der Waals surface area contributed by atoms with E-state index in [1.807, 2.05) is 0 Å². The minimum absolute atomic E-state index is 0.190. The lowest BCUT2D eigenvalue weighted by atomic mass is 10.1. The number of rotatable bonds is 2. The maximum Gasteiger partial charge on any atom is 0.416 e. The summed E-state index contributed by atoms with van der Waals surface area (Å²) in [6.45, 7) is 0.190. The van der Waals surface area contributed by atoms with Gasteiger partial charge in [0.15, 0.2) is 0 Å². The van der Waals surface area contributed by atoms with Crippen molar-refractivity contribution in [2.45, 2.75) is 12.7 Å². The molecule has 0 aliphatic rings. The van der Waals surface area contributed by atoms with Crippen LogP contribution in [0, 0.1) is 0 Å². The first kappa shape index (κ1) is 13.8. The van der Waals surface area contributed by atoms with Crippen LogP contribution in [0.4, 0.5) is 13.2 Å². The standard InChI is InChI=1S/C14H9F3N2OS/c15-14(16,17)10-3-1-9(2-4-10)7-19-8-18-12-11(13(19)20)5-6-21-12/h1-6,8H,7H2. The minimum Gasteiger partial charge on any atom is -0.294 e. The number of benzene rings is 1. The lowest BCUT2D eigenvalue weighted by Crippen LogP contribution is -2.20. The first-order valence-corrected chi connectivity index (χ1v) is 6.92. The molecular weight excluding hydrogens is 301 g/mol. The summed E-state index contributed by atoms with van der Waals surface area (Å²) in [5.41, 5.74) is -0.285. The SMILES string of the molecule is O=c1c2ccsc2ncn1Cc1ccc(C(F)(F)F)cc1. The summed E-state index contributed by atoms with van der Waals surface area (Å²) in [6, 6.07) is 6.45. The van der Waals surface area contributed by atoms with Gasteiger partial charge in [0, 0.05) is 0 Å². The fourth-order valence-corrected chi connectivity index (χ4v) is 2.73. The molecule has 0 aliphatic carbocycles. The number of thiophene rings is 1. The number of alkyl halides is 3. The maximum absolute atomic E-state index is 12.5. The molecule has 0 saturated heterocycles. The van der Waals surface area contributed by atoms with Gasteiger partial charge in [0.1, 0.15) is 4.83 Å². The molecule has 2 heterocycles. The van der Waals surface area contributed by atoms with Crippen molar-refractivity contribution in [1.29, 1.82) is 0 Å². The van der Waals surface area contributed by atoms with Crippen molar-refractivity contribution in [3.8, 4) is 0 Å². The summed E-state index contributed by atoms with van der Waals surface area (Å²) >= 11 is 1.37. The average Bonchev–Trinajstić information content (AvgIpc) is 2.91. The molecule has 0 saturated carbocycles. The Balaban J connectivity index is 1.92. The molecule has 0 atom stereocenters. The van der Waals surface area contributed by atoms with Crippen LogP contribution in [-0.2, 0) is 12.7 Å². The third-order valence-electron chi connectivity index (χ3n) is 3.08. The lowest BCUT2D eigenvalue weighted by Gasteiger charge is -2.08. The molecule has 108 valence electrons. The van der Waals surface area contributed by atoms with E-state index in [-0.39, 0.29) is 12.1 Å². The maximum atomic E-state index is 12.5. The Morgan fingerprint density at radius 3 is 2.52 bits per heavy atom. The van der Waals surface area contributed by atoms with Crippen molar-refractivity contribution >= 4 is 21.6 Å². The molecule has 3 nitrogen and oxygen atoms in total. The van der Waals surface area contributed by atoms with Gasteiger partial charge in [-0.1, -0.05) is 12.1 Å². The van der Waals surface area contributed by atoms with E-state index < -0.39 is 11.7 Å². The monoisotopic (exact) mass is 310 g/mol. The Morgan fingerprint density at radius 1 is 1.14 bits per heavy atom. The number of aromatic nitrogens is 2. The quantitative estimate of drug-likeness (QED) is 0.726. The Hall–Kier alpha value is -2.15. The van der Waals surface area contributed by atoms with Gasteiger partial charge in [0.2, 0.25) is 0 Å². The largest absolute Gasteiger partial charge is 0.416 e. The molecule has 0 bridgehead atoms. The van der Waals surface area contributed by atoms with Gasteiger partial charge in [-0.3, -0.25) is 9.36 Å². The third kappa shape index (κ3) is 2.69. The number of fused-ring (bicyclic) bond motifs is 1. The Labute approximate surface area is 121 Å². The van der Waals surface area contributed by atoms with Crippen LogP contribution in [0.25, 0.3) is 10.2 Å². The van der Waals surface area contributed by atoms with Gasteiger partial charge in [0.05, 0.1) is 23.8 Å². The molecule has 0 unspecified atom stereocenters. The molecule has 0 amide bonds. The van der Waals surface area contributed by atoms with Crippen LogP contribution in [0.15, 0.2) is 46.8 Å². The van der Waals surface area contributed by atoms with Crippen molar-refractivity contribution in [2.24, 2.45) is 0 Å². The second-order valence-electron chi connectivity index (χ2n) is 4.51. The predicted molar refractivity (Wildman–Crippen MR) is 74.4 cm³/mol. The molecule has 1 aromatic carbocycles. The van der Waals surface area contributed by atoms with Gasteiger partial charge in [-0.05, 0) is 29.1 Å².